The molecule has 8 nitrogen and oxygen atoms in total. The van der Waals surface area contributed by atoms with Gasteiger partial charge in [-0.2, -0.15) is 0 Å². The molecule has 0 fully saturated rings. The molecule has 5 atom stereocenters. The van der Waals surface area contributed by atoms with Crippen molar-refractivity contribution in [2.75, 3.05) is 6.61 Å². The van der Waals surface area contributed by atoms with Gasteiger partial charge in [-0.1, -0.05) is 0 Å². The fourth-order valence-electron chi connectivity index (χ4n) is 0.870. The second-order valence-electron chi connectivity index (χ2n) is 3.00. The Morgan fingerprint density at radius 2 is 1.38 bits per heavy atom. The molecule has 0 bridgehead atoms. The van der Waals surface area contributed by atoms with Crippen LogP contribution >= 0.6 is 0 Å². The third kappa shape index (κ3) is 4.81. The second kappa shape index (κ2) is 8.04. The van der Waals surface area contributed by atoms with Gasteiger partial charge < -0.3 is 35.7 Å². The Hall–Kier alpha value is -0.121. The predicted molar refractivity (Wildman–Crippen MR) is 44.8 cm³/mol. The number of rotatable bonds is 6. The zero-order valence-electron chi connectivity index (χ0n) is 8.01. The van der Waals surface area contributed by atoms with E-state index in [1.54, 1.807) is 0 Å². The van der Waals surface area contributed by atoms with Gasteiger partial charge in [0.25, 0.3) is 0 Å². The maximum absolute atomic E-state index is 10.2. The average Bonchev–Trinajstić information content (AvgIpc) is 2.23. The van der Waals surface area contributed by atoms with Gasteiger partial charge in [-0.3, -0.25) is 0 Å². The molecule has 0 aromatic heterocycles. The predicted octanol–water partition coefficient (Wildman–Crippen LogP) is -4.13. The number of aliphatic carboxylic acids is 1. The van der Waals surface area contributed by atoms with E-state index in [0.29, 0.717) is 0 Å². The summed E-state index contributed by atoms with van der Waals surface area (Å²) in [6.45, 7) is -0.881. The Kier molecular flexibility index (Phi) is 9.17. The monoisotopic (exact) mass is 325 g/mol. The Morgan fingerprint density at radius 3 is 1.69 bits per heavy atom. The number of carboxylic acid groups (broad SMARTS) is 1. The molecule has 0 heterocycles. The average molecular weight is 325 g/mol. The minimum atomic E-state index is -2.29. The minimum absolute atomic E-state index is 0. The Morgan fingerprint density at radius 1 is 0.938 bits per heavy atom. The summed E-state index contributed by atoms with van der Waals surface area (Å²) < 4.78 is 0. The van der Waals surface area contributed by atoms with Crippen molar-refractivity contribution in [2.45, 2.75) is 30.5 Å². The molecule has 0 aliphatic carbocycles. The minimum Gasteiger partial charge on any atom is -0.479 e. The van der Waals surface area contributed by atoms with Crippen LogP contribution in [0.2, 0.25) is 0 Å². The molecule has 7 N–H and O–H groups in total. The first-order chi connectivity index (χ1) is 6.82. The first-order valence-electron chi connectivity index (χ1n) is 4.07. The SMILES string of the molecule is O=C(O)[C@H](O)[C@H](O)[C@@H](O)[C@H](O)[C@H](O)CO.[99Tc]. The summed E-state index contributed by atoms with van der Waals surface area (Å²) >= 11 is 0. The van der Waals surface area contributed by atoms with Crippen molar-refractivity contribution in [1.82, 2.24) is 0 Å². The third-order valence-electron chi connectivity index (χ3n) is 1.86. The van der Waals surface area contributed by atoms with Gasteiger partial charge in [0.1, 0.15) is 24.4 Å². The quantitative estimate of drug-likeness (QED) is 0.259. The first-order valence-corrected chi connectivity index (χ1v) is 4.07. The summed E-state index contributed by atoms with van der Waals surface area (Å²) in [5, 5.41) is 61.5. The number of aliphatic hydroxyl groups is 6. The molecule has 0 spiro atoms. The third-order valence-corrected chi connectivity index (χ3v) is 1.86. The van der Waals surface area contributed by atoms with Gasteiger partial charge >= 0.3 is 5.97 Å². The number of aliphatic hydroxyl groups excluding tert-OH is 6. The number of carbonyl (C=O) groups is 1. The van der Waals surface area contributed by atoms with Crippen molar-refractivity contribution in [3.63, 3.8) is 0 Å². The van der Waals surface area contributed by atoms with Gasteiger partial charge in [0, 0.05) is 20.1 Å². The summed E-state index contributed by atoms with van der Waals surface area (Å²) in [7, 11) is 0. The number of hydrogen-bond donors (Lipinski definition) is 7. The summed E-state index contributed by atoms with van der Waals surface area (Å²) in [4.78, 5) is 10.2. The van der Waals surface area contributed by atoms with Gasteiger partial charge in [-0.05, 0) is 0 Å². The summed E-state index contributed by atoms with van der Waals surface area (Å²) in [5.41, 5.74) is 0. The molecule has 0 saturated carbocycles. The molecule has 97 valence electrons. The van der Waals surface area contributed by atoms with E-state index in [1.165, 1.54) is 0 Å². The normalized spacial score (nSPS) is 20.1. The van der Waals surface area contributed by atoms with Crippen molar-refractivity contribution >= 4 is 5.97 Å². The molecule has 0 amide bonds. The molecule has 0 aliphatic rings. The smallest absolute Gasteiger partial charge is 0.335 e. The van der Waals surface area contributed by atoms with Crippen molar-refractivity contribution < 1.29 is 60.6 Å². The van der Waals surface area contributed by atoms with Crippen LogP contribution < -0.4 is 0 Å². The van der Waals surface area contributed by atoms with Crippen LogP contribution in [-0.2, 0) is 24.9 Å². The van der Waals surface area contributed by atoms with Gasteiger partial charge in [-0.15, -0.1) is 0 Å². The van der Waals surface area contributed by atoms with Crippen molar-refractivity contribution in [3.8, 4) is 0 Å². The molecular formula is C7H14O8Tc. The van der Waals surface area contributed by atoms with Crippen LogP contribution in [0, 0.1) is 0 Å². The van der Waals surface area contributed by atoms with E-state index in [1.807, 2.05) is 0 Å². The van der Waals surface area contributed by atoms with Gasteiger partial charge in [0.15, 0.2) is 6.10 Å². The first kappa shape index (κ1) is 18.2. The second-order valence-corrected chi connectivity index (χ2v) is 3.00. The Balaban J connectivity index is 0. The van der Waals surface area contributed by atoms with E-state index in [9.17, 15) is 4.79 Å². The standard InChI is InChI=1S/C7H14O8.Tc/c8-1-2(9)3(10)4(11)5(12)6(13)7(14)15;/h2-6,8-13H,1H2,(H,14,15);/t2-,3-,4+,5-,6-;/m1./s1/i;1+1. The molecule has 0 rings (SSSR count). The van der Waals surface area contributed by atoms with E-state index >= 15 is 0 Å². The largest absolute Gasteiger partial charge is 0.479 e. The Labute approximate surface area is 104 Å². The van der Waals surface area contributed by atoms with Crippen LogP contribution in [0.4, 0.5) is 0 Å². The van der Waals surface area contributed by atoms with E-state index in [4.69, 9.17) is 35.7 Å². The zero-order valence-corrected chi connectivity index (χ0v) is 9.87. The van der Waals surface area contributed by atoms with Crippen LogP contribution in [0.1, 0.15) is 0 Å². The fraction of sp³-hybridized carbons (Fsp3) is 0.857. The molecule has 0 aromatic carbocycles. The van der Waals surface area contributed by atoms with E-state index in [2.05, 4.69) is 0 Å². The van der Waals surface area contributed by atoms with Crippen LogP contribution in [0.3, 0.4) is 0 Å². The van der Waals surface area contributed by atoms with Crippen LogP contribution in [0.25, 0.3) is 0 Å². The Bertz CT molecular complexity index is 213. The van der Waals surface area contributed by atoms with Gasteiger partial charge in [0.2, 0.25) is 0 Å². The molecular weight excluding hydrogens is 311 g/mol. The fourth-order valence-corrected chi connectivity index (χ4v) is 0.870. The van der Waals surface area contributed by atoms with Crippen LogP contribution in [-0.4, -0.2) is 78.8 Å². The van der Waals surface area contributed by atoms with Gasteiger partial charge in [-0.25, -0.2) is 4.79 Å². The van der Waals surface area contributed by atoms with E-state index < -0.39 is 43.1 Å². The van der Waals surface area contributed by atoms with Crippen molar-refractivity contribution in [2.24, 2.45) is 0 Å². The zero-order chi connectivity index (χ0) is 12.2. The molecule has 0 unspecified atom stereocenters. The molecule has 0 aromatic rings. The molecule has 9 heteroatoms. The summed E-state index contributed by atoms with van der Waals surface area (Å²) in [5.74, 6) is -1.78. The molecule has 0 aliphatic heterocycles. The molecule has 1 radical (unpaired) electrons. The van der Waals surface area contributed by atoms with Crippen molar-refractivity contribution in [1.29, 1.82) is 0 Å². The van der Waals surface area contributed by atoms with E-state index in [-0.39, 0.29) is 20.1 Å². The maximum atomic E-state index is 10.2. The van der Waals surface area contributed by atoms with Crippen LogP contribution in [0.5, 0.6) is 0 Å². The van der Waals surface area contributed by atoms with E-state index in [0.717, 1.165) is 0 Å². The molecule has 0 saturated heterocycles. The number of hydrogen-bond acceptors (Lipinski definition) is 7. The number of carboxylic acids is 1. The van der Waals surface area contributed by atoms with Crippen LogP contribution in [0.15, 0.2) is 0 Å². The molecule has 16 heavy (non-hydrogen) atoms. The van der Waals surface area contributed by atoms with Gasteiger partial charge in [0.05, 0.1) is 6.61 Å². The summed E-state index contributed by atoms with van der Waals surface area (Å²) in [6.07, 6.45) is -10.2. The maximum Gasteiger partial charge on any atom is 0.335 e. The topological polar surface area (TPSA) is 159 Å². The summed E-state index contributed by atoms with van der Waals surface area (Å²) in [6, 6.07) is 0. The van der Waals surface area contributed by atoms with Crippen molar-refractivity contribution in [3.05, 3.63) is 0 Å².